The fourth-order valence-electron chi connectivity index (χ4n) is 4.00. The minimum atomic E-state index is -0.116. The summed E-state index contributed by atoms with van der Waals surface area (Å²) in [6.07, 6.45) is 2.06. The molecule has 0 spiro atoms. The fraction of sp³-hybridized carbons (Fsp3) is 0.375. The Bertz CT molecular complexity index is 943. The van der Waals surface area contributed by atoms with Crippen molar-refractivity contribution in [2.24, 2.45) is 0 Å². The van der Waals surface area contributed by atoms with Gasteiger partial charge in [-0.2, -0.15) is 0 Å². The van der Waals surface area contributed by atoms with Crippen LogP contribution in [0.1, 0.15) is 29.0 Å². The number of anilines is 1. The van der Waals surface area contributed by atoms with Crippen molar-refractivity contribution in [3.8, 4) is 0 Å². The summed E-state index contributed by atoms with van der Waals surface area (Å²) in [5, 5.41) is 4.01. The van der Waals surface area contributed by atoms with E-state index in [4.69, 9.17) is 4.42 Å². The fourth-order valence-corrected chi connectivity index (χ4v) is 4.00. The molecule has 2 heterocycles. The van der Waals surface area contributed by atoms with Crippen LogP contribution in [0.5, 0.6) is 0 Å². The quantitative estimate of drug-likeness (QED) is 0.617. The number of carbonyl (C=O) groups is 1. The molecule has 0 aliphatic carbocycles. The van der Waals surface area contributed by atoms with Crippen LogP contribution in [0.4, 0.5) is 5.69 Å². The zero-order valence-electron chi connectivity index (χ0n) is 17.1. The van der Waals surface area contributed by atoms with E-state index in [1.165, 1.54) is 5.69 Å². The first-order valence-electron chi connectivity index (χ1n) is 10.5. The highest BCUT2D eigenvalue weighted by atomic mass is 16.3. The normalized spacial score (nSPS) is 15.0. The molecule has 0 radical (unpaired) electrons. The van der Waals surface area contributed by atoms with Crippen LogP contribution in [0.15, 0.2) is 59.0 Å². The van der Waals surface area contributed by atoms with Crippen molar-refractivity contribution in [3.63, 3.8) is 0 Å². The number of hydrogen-bond donors (Lipinski definition) is 1. The Labute approximate surface area is 172 Å². The van der Waals surface area contributed by atoms with E-state index in [0.29, 0.717) is 12.3 Å². The van der Waals surface area contributed by atoms with Gasteiger partial charge in [0.2, 0.25) is 0 Å². The first-order chi connectivity index (χ1) is 14.2. The molecule has 0 unspecified atom stereocenters. The maximum absolute atomic E-state index is 12.5. The number of unbranched alkanes of at least 4 members (excludes halogenated alkanes) is 1. The van der Waals surface area contributed by atoms with E-state index in [0.717, 1.165) is 62.1 Å². The molecular formula is C24H29N3O2. The number of benzene rings is 2. The molecule has 1 N–H and O–H groups in total. The highest BCUT2D eigenvalue weighted by Crippen LogP contribution is 2.24. The third-order valence-electron chi connectivity index (χ3n) is 5.73. The number of piperazine rings is 1. The number of amides is 1. The lowest BCUT2D eigenvalue weighted by molar-refractivity contribution is 0.0926. The molecule has 1 aliphatic heterocycles. The van der Waals surface area contributed by atoms with E-state index in [1.807, 2.05) is 31.2 Å². The van der Waals surface area contributed by atoms with E-state index in [-0.39, 0.29) is 5.91 Å². The van der Waals surface area contributed by atoms with E-state index in [1.54, 1.807) is 0 Å². The Morgan fingerprint density at radius 3 is 2.45 bits per heavy atom. The molecule has 1 amide bonds. The number of nitrogens with zero attached hydrogens (tertiary/aromatic N) is 2. The van der Waals surface area contributed by atoms with Crippen molar-refractivity contribution >= 4 is 22.6 Å². The predicted molar refractivity (Wildman–Crippen MR) is 118 cm³/mol. The second kappa shape index (κ2) is 9.14. The van der Waals surface area contributed by atoms with Crippen LogP contribution in [-0.2, 0) is 0 Å². The molecule has 0 atom stereocenters. The molecule has 0 saturated carbocycles. The van der Waals surface area contributed by atoms with Crippen LogP contribution < -0.4 is 10.2 Å². The van der Waals surface area contributed by atoms with Crippen molar-refractivity contribution in [3.05, 3.63) is 65.9 Å². The van der Waals surface area contributed by atoms with Gasteiger partial charge in [-0.3, -0.25) is 9.69 Å². The standard InChI is InChI=1S/C24H29N3O2/c1-19-21-11-5-6-12-22(21)29-23(19)24(28)25-13-7-8-14-26-15-17-27(18-16-26)20-9-3-2-4-10-20/h2-6,9-12H,7-8,13-18H2,1H3,(H,25,28). The average molecular weight is 392 g/mol. The van der Waals surface area contributed by atoms with Crippen molar-refractivity contribution in [1.82, 2.24) is 10.2 Å². The van der Waals surface area contributed by atoms with Gasteiger partial charge in [-0.1, -0.05) is 36.4 Å². The van der Waals surface area contributed by atoms with E-state index in [2.05, 4.69) is 45.4 Å². The summed E-state index contributed by atoms with van der Waals surface area (Å²) in [5.41, 5.74) is 3.00. The predicted octanol–water partition coefficient (Wildman–Crippen LogP) is 4.07. The topological polar surface area (TPSA) is 48.7 Å². The molecular weight excluding hydrogens is 362 g/mol. The molecule has 29 heavy (non-hydrogen) atoms. The molecule has 0 bridgehead atoms. The number of carbonyl (C=O) groups excluding carboxylic acids is 1. The summed E-state index contributed by atoms with van der Waals surface area (Å²) < 4.78 is 5.73. The average Bonchev–Trinajstić information content (AvgIpc) is 3.11. The van der Waals surface area contributed by atoms with Gasteiger partial charge in [-0.05, 0) is 44.5 Å². The minimum Gasteiger partial charge on any atom is -0.451 e. The maximum Gasteiger partial charge on any atom is 0.287 e. The van der Waals surface area contributed by atoms with E-state index >= 15 is 0 Å². The minimum absolute atomic E-state index is 0.116. The Kier molecular flexibility index (Phi) is 6.15. The Hall–Kier alpha value is -2.79. The van der Waals surface area contributed by atoms with Crippen LogP contribution >= 0.6 is 0 Å². The van der Waals surface area contributed by atoms with Crippen LogP contribution in [-0.4, -0.2) is 50.1 Å². The Balaban J connectivity index is 1.16. The van der Waals surface area contributed by atoms with Crippen LogP contribution in [0, 0.1) is 6.92 Å². The van der Waals surface area contributed by atoms with Crippen molar-refractivity contribution in [2.45, 2.75) is 19.8 Å². The smallest absolute Gasteiger partial charge is 0.287 e. The third-order valence-corrected chi connectivity index (χ3v) is 5.73. The molecule has 2 aromatic carbocycles. The highest BCUT2D eigenvalue weighted by Gasteiger charge is 2.18. The van der Waals surface area contributed by atoms with Gasteiger partial charge in [0.25, 0.3) is 5.91 Å². The largest absolute Gasteiger partial charge is 0.451 e. The number of nitrogens with one attached hydrogen (secondary N) is 1. The number of hydrogen-bond acceptors (Lipinski definition) is 4. The maximum atomic E-state index is 12.5. The summed E-state index contributed by atoms with van der Waals surface area (Å²) in [4.78, 5) is 17.4. The van der Waals surface area contributed by atoms with Gasteiger partial charge in [0, 0.05) is 49.4 Å². The molecule has 1 aliphatic rings. The zero-order valence-corrected chi connectivity index (χ0v) is 17.1. The van der Waals surface area contributed by atoms with Gasteiger partial charge in [-0.15, -0.1) is 0 Å². The molecule has 4 rings (SSSR count). The molecule has 3 aromatic rings. The number of para-hydroxylation sites is 2. The lowest BCUT2D eigenvalue weighted by atomic mass is 10.1. The Morgan fingerprint density at radius 2 is 1.69 bits per heavy atom. The van der Waals surface area contributed by atoms with Crippen molar-refractivity contribution < 1.29 is 9.21 Å². The summed E-state index contributed by atoms with van der Waals surface area (Å²) in [6.45, 7) is 8.05. The van der Waals surface area contributed by atoms with Crippen molar-refractivity contribution in [1.29, 1.82) is 0 Å². The van der Waals surface area contributed by atoms with Crippen LogP contribution in [0.3, 0.4) is 0 Å². The Morgan fingerprint density at radius 1 is 0.966 bits per heavy atom. The van der Waals surface area contributed by atoms with Gasteiger partial charge in [0.15, 0.2) is 5.76 Å². The van der Waals surface area contributed by atoms with E-state index in [9.17, 15) is 4.79 Å². The van der Waals surface area contributed by atoms with Crippen LogP contribution in [0.2, 0.25) is 0 Å². The number of rotatable bonds is 7. The SMILES string of the molecule is Cc1c(C(=O)NCCCCN2CCN(c3ccccc3)CC2)oc2ccccc12. The van der Waals surface area contributed by atoms with Crippen LogP contribution in [0.25, 0.3) is 11.0 Å². The number of furan rings is 1. The number of fused-ring (bicyclic) bond motifs is 1. The molecule has 1 aromatic heterocycles. The van der Waals surface area contributed by atoms with Gasteiger partial charge in [-0.25, -0.2) is 0 Å². The van der Waals surface area contributed by atoms with Gasteiger partial charge >= 0.3 is 0 Å². The lowest BCUT2D eigenvalue weighted by Gasteiger charge is -2.36. The second-order valence-corrected chi connectivity index (χ2v) is 7.68. The molecule has 5 nitrogen and oxygen atoms in total. The summed E-state index contributed by atoms with van der Waals surface area (Å²) >= 11 is 0. The van der Waals surface area contributed by atoms with Gasteiger partial charge < -0.3 is 14.6 Å². The molecule has 1 fully saturated rings. The van der Waals surface area contributed by atoms with Gasteiger partial charge in [0.05, 0.1) is 0 Å². The first-order valence-corrected chi connectivity index (χ1v) is 10.5. The molecule has 5 heteroatoms. The summed E-state index contributed by atoms with van der Waals surface area (Å²) in [6, 6.07) is 18.4. The third kappa shape index (κ3) is 4.62. The second-order valence-electron chi connectivity index (χ2n) is 7.68. The van der Waals surface area contributed by atoms with E-state index < -0.39 is 0 Å². The summed E-state index contributed by atoms with van der Waals surface area (Å²) in [7, 11) is 0. The summed E-state index contributed by atoms with van der Waals surface area (Å²) in [5.74, 6) is 0.318. The highest BCUT2D eigenvalue weighted by molar-refractivity contribution is 5.98. The number of aryl methyl sites for hydroxylation is 1. The molecule has 1 saturated heterocycles. The monoisotopic (exact) mass is 391 g/mol. The van der Waals surface area contributed by atoms with Crippen molar-refractivity contribution in [2.75, 3.05) is 44.2 Å². The molecule has 152 valence electrons. The lowest BCUT2D eigenvalue weighted by Crippen LogP contribution is -2.46. The zero-order chi connectivity index (χ0) is 20.1. The van der Waals surface area contributed by atoms with Gasteiger partial charge in [0.1, 0.15) is 5.58 Å². The first kappa shape index (κ1) is 19.5.